The van der Waals surface area contributed by atoms with Crippen LogP contribution in [0.15, 0.2) is 53.9 Å². The van der Waals surface area contributed by atoms with E-state index in [-0.39, 0.29) is 16.9 Å². The second kappa shape index (κ2) is 8.39. The summed E-state index contributed by atoms with van der Waals surface area (Å²) in [6.45, 7) is 7.43. The molecule has 2 aromatic carbocycles. The van der Waals surface area contributed by atoms with Gasteiger partial charge in [0.25, 0.3) is 0 Å². The highest BCUT2D eigenvalue weighted by Gasteiger charge is 2.19. The molecule has 0 fully saturated rings. The van der Waals surface area contributed by atoms with Crippen LogP contribution in [0, 0.1) is 13.8 Å². The molecule has 1 atom stereocenters. The van der Waals surface area contributed by atoms with E-state index in [4.69, 9.17) is 0 Å². The van der Waals surface area contributed by atoms with Crippen LogP contribution in [0.1, 0.15) is 35.3 Å². The van der Waals surface area contributed by atoms with E-state index in [1.54, 1.807) is 30.6 Å². The summed E-state index contributed by atoms with van der Waals surface area (Å²) in [6, 6.07) is 13.0. The number of hydrogen-bond donors (Lipinski definition) is 1. The lowest BCUT2D eigenvalue weighted by Gasteiger charge is -2.14. The molecule has 0 aliphatic heterocycles. The molecule has 1 unspecified atom stereocenters. The van der Waals surface area contributed by atoms with Gasteiger partial charge in [-0.3, -0.25) is 14.2 Å². The Morgan fingerprint density at radius 2 is 1.82 bits per heavy atom. The minimum absolute atomic E-state index is 0.00691. The minimum Gasteiger partial charge on any atom is -0.325 e. The molecular formula is C21H22N4O2S. The molecule has 144 valence electrons. The van der Waals surface area contributed by atoms with Crippen molar-refractivity contribution in [2.75, 3.05) is 5.32 Å². The Morgan fingerprint density at radius 3 is 2.46 bits per heavy atom. The van der Waals surface area contributed by atoms with Gasteiger partial charge in [0.15, 0.2) is 10.9 Å². The number of carbonyl (C=O) groups excluding carboxylic acids is 2. The van der Waals surface area contributed by atoms with Crippen LogP contribution in [-0.4, -0.2) is 31.7 Å². The van der Waals surface area contributed by atoms with Crippen molar-refractivity contribution in [1.29, 1.82) is 0 Å². The summed E-state index contributed by atoms with van der Waals surface area (Å²) in [5.41, 5.74) is 4.56. The van der Waals surface area contributed by atoms with E-state index in [0.29, 0.717) is 16.4 Å². The number of nitrogens with one attached hydrogen (secondary N) is 1. The third-order valence-corrected chi connectivity index (χ3v) is 5.40. The summed E-state index contributed by atoms with van der Waals surface area (Å²) in [5, 5.41) is 11.3. The highest BCUT2D eigenvalue weighted by Crippen LogP contribution is 2.26. The van der Waals surface area contributed by atoms with Crippen LogP contribution in [-0.2, 0) is 4.79 Å². The summed E-state index contributed by atoms with van der Waals surface area (Å²) in [7, 11) is 0. The molecule has 0 bridgehead atoms. The molecule has 28 heavy (non-hydrogen) atoms. The van der Waals surface area contributed by atoms with Crippen LogP contribution < -0.4 is 5.32 Å². The van der Waals surface area contributed by atoms with Crippen molar-refractivity contribution in [1.82, 2.24) is 14.8 Å². The first-order valence-corrected chi connectivity index (χ1v) is 9.79. The first kappa shape index (κ1) is 19.8. The molecule has 0 aliphatic carbocycles. The lowest BCUT2D eigenvalue weighted by Crippen LogP contribution is -2.22. The van der Waals surface area contributed by atoms with Gasteiger partial charge < -0.3 is 5.32 Å². The Hall–Kier alpha value is -2.93. The average molecular weight is 395 g/mol. The second-order valence-electron chi connectivity index (χ2n) is 6.66. The molecule has 3 aromatic rings. The number of carbonyl (C=O) groups is 2. The fourth-order valence-electron chi connectivity index (χ4n) is 2.79. The van der Waals surface area contributed by atoms with Gasteiger partial charge in [-0.25, -0.2) is 0 Å². The normalized spacial score (nSPS) is 11.9. The summed E-state index contributed by atoms with van der Waals surface area (Å²) >= 11 is 1.34. The number of anilines is 1. The highest BCUT2D eigenvalue weighted by atomic mass is 32.2. The van der Waals surface area contributed by atoms with Gasteiger partial charge in [0.2, 0.25) is 5.91 Å². The van der Waals surface area contributed by atoms with Gasteiger partial charge in [-0.2, -0.15) is 0 Å². The molecule has 6 nitrogen and oxygen atoms in total. The third-order valence-electron chi connectivity index (χ3n) is 4.34. The monoisotopic (exact) mass is 394 g/mol. The number of nitrogens with zero attached hydrogens (tertiary/aromatic N) is 3. The first-order valence-electron chi connectivity index (χ1n) is 8.91. The first-order chi connectivity index (χ1) is 13.3. The van der Waals surface area contributed by atoms with E-state index >= 15 is 0 Å². The predicted molar refractivity (Wildman–Crippen MR) is 111 cm³/mol. The molecular weight excluding hydrogens is 372 g/mol. The number of rotatable bonds is 6. The number of benzene rings is 2. The maximum absolute atomic E-state index is 12.6. The second-order valence-corrected chi connectivity index (χ2v) is 7.96. The molecule has 1 heterocycles. The topological polar surface area (TPSA) is 76.9 Å². The Morgan fingerprint density at radius 1 is 1.11 bits per heavy atom. The lowest BCUT2D eigenvalue weighted by molar-refractivity contribution is -0.115. The van der Waals surface area contributed by atoms with Crippen LogP contribution in [0.25, 0.3) is 5.69 Å². The SMILES string of the molecule is CC(=O)c1ccc(NC(=O)C(C)Sc2nncn2-c2ccc(C)cc2C)cc1. The summed E-state index contributed by atoms with van der Waals surface area (Å²) in [6.07, 6.45) is 1.66. The summed E-state index contributed by atoms with van der Waals surface area (Å²) in [5.74, 6) is -0.150. The smallest absolute Gasteiger partial charge is 0.237 e. The zero-order valence-corrected chi connectivity index (χ0v) is 17.1. The molecule has 0 saturated carbocycles. The Kier molecular flexibility index (Phi) is 5.94. The standard InChI is InChI=1S/C21H22N4O2S/c1-13-5-10-19(14(2)11-13)25-12-22-24-21(25)28-16(4)20(27)23-18-8-6-17(7-9-18)15(3)26/h5-12,16H,1-4H3,(H,23,27). The van der Waals surface area contributed by atoms with Crippen molar-refractivity contribution in [3.63, 3.8) is 0 Å². The van der Waals surface area contributed by atoms with E-state index in [1.165, 1.54) is 24.2 Å². The zero-order chi connectivity index (χ0) is 20.3. The van der Waals surface area contributed by atoms with Gasteiger partial charge in [-0.1, -0.05) is 29.5 Å². The molecule has 0 spiro atoms. The number of hydrogen-bond acceptors (Lipinski definition) is 5. The maximum atomic E-state index is 12.6. The van der Waals surface area contributed by atoms with Crippen LogP contribution in [0.4, 0.5) is 5.69 Å². The Bertz CT molecular complexity index is 1010. The number of Topliss-reactive ketones (excluding diaryl/α,β-unsaturated/α-hetero) is 1. The van der Waals surface area contributed by atoms with Gasteiger partial charge in [0, 0.05) is 11.3 Å². The number of aryl methyl sites for hydroxylation is 2. The fraction of sp³-hybridized carbons (Fsp3) is 0.238. The summed E-state index contributed by atoms with van der Waals surface area (Å²) < 4.78 is 1.89. The number of thioether (sulfide) groups is 1. The van der Waals surface area contributed by atoms with Gasteiger partial charge in [-0.05, 0) is 63.6 Å². The van der Waals surface area contributed by atoms with Gasteiger partial charge in [-0.15, -0.1) is 10.2 Å². The van der Waals surface area contributed by atoms with E-state index < -0.39 is 0 Å². The maximum Gasteiger partial charge on any atom is 0.237 e. The predicted octanol–water partition coefficient (Wildman–Crippen LogP) is 4.21. The number of ketones is 1. The van der Waals surface area contributed by atoms with Crippen molar-refractivity contribution < 1.29 is 9.59 Å². The zero-order valence-electron chi connectivity index (χ0n) is 16.3. The van der Waals surface area contributed by atoms with Gasteiger partial charge in [0.1, 0.15) is 6.33 Å². The molecule has 0 aliphatic rings. The van der Waals surface area contributed by atoms with E-state index in [1.807, 2.05) is 37.5 Å². The van der Waals surface area contributed by atoms with Crippen LogP contribution in [0.2, 0.25) is 0 Å². The quantitative estimate of drug-likeness (QED) is 0.501. The molecule has 0 radical (unpaired) electrons. The average Bonchev–Trinajstić information content (AvgIpc) is 3.10. The molecule has 7 heteroatoms. The Labute approximate surface area is 168 Å². The van der Waals surface area contributed by atoms with E-state index in [0.717, 1.165) is 11.3 Å². The Balaban J connectivity index is 1.71. The molecule has 3 rings (SSSR count). The van der Waals surface area contributed by atoms with Crippen molar-refractivity contribution in [3.05, 3.63) is 65.5 Å². The van der Waals surface area contributed by atoms with Gasteiger partial charge in [0.05, 0.1) is 10.9 Å². The molecule has 1 N–H and O–H groups in total. The van der Waals surface area contributed by atoms with E-state index in [9.17, 15) is 9.59 Å². The fourth-order valence-corrected chi connectivity index (χ4v) is 3.63. The van der Waals surface area contributed by atoms with Crippen LogP contribution in [0.3, 0.4) is 0 Å². The number of amides is 1. The van der Waals surface area contributed by atoms with Crippen LogP contribution in [0.5, 0.6) is 0 Å². The van der Waals surface area contributed by atoms with Crippen molar-refractivity contribution in [2.45, 2.75) is 38.1 Å². The molecule has 0 saturated heterocycles. The van der Waals surface area contributed by atoms with Crippen molar-refractivity contribution >= 4 is 29.1 Å². The largest absolute Gasteiger partial charge is 0.325 e. The van der Waals surface area contributed by atoms with Crippen molar-refractivity contribution in [2.24, 2.45) is 0 Å². The van der Waals surface area contributed by atoms with E-state index in [2.05, 4.69) is 21.6 Å². The summed E-state index contributed by atoms with van der Waals surface area (Å²) in [4.78, 5) is 23.9. The minimum atomic E-state index is -0.374. The van der Waals surface area contributed by atoms with Crippen LogP contribution >= 0.6 is 11.8 Å². The molecule has 1 aromatic heterocycles. The molecule has 1 amide bonds. The highest BCUT2D eigenvalue weighted by molar-refractivity contribution is 8.00. The van der Waals surface area contributed by atoms with Gasteiger partial charge >= 0.3 is 0 Å². The lowest BCUT2D eigenvalue weighted by atomic mass is 10.1. The third kappa shape index (κ3) is 4.48. The van der Waals surface area contributed by atoms with Crippen molar-refractivity contribution in [3.8, 4) is 5.69 Å². The number of aromatic nitrogens is 3.